The van der Waals surface area contributed by atoms with Gasteiger partial charge in [0.15, 0.2) is 0 Å². The predicted octanol–water partition coefficient (Wildman–Crippen LogP) is 8.01. The van der Waals surface area contributed by atoms with Gasteiger partial charge >= 0.3 is 0 Å². The van der Waals surface area contributed by atoms with E-state index in [-0.39, 0.29) is 0 Å². The highest BCUT2D eigenvalue weighted by molar-refractivity contribution is 7.80. The third kappa shape index (κ3) is 7.33. The van der Waals surface area contributed by atoms with Crippen molar-refractivity contribution >= 4 is 47.7 Å². The van der Waals surface area contributed by atoms with Crippen LogP contribution in [0, 0.1) is 0 Å². The maximum Gasteiger partial charge on any atom is -0.0119 e. The highest BCUT2D eigenvalue weighted by Gasteiger charge is 2.19. The molecule has 0 nitrogen and oxygen atoms in total. The normalized spacial score (nSPS) is 10.8. The summed E-state index contributed by atoms with van der Waals surface area (Å²) in [5.74, 6) is 0. The Labute approximate surface area is 254 Å². The van der Waals surface area contributed by atoms with Crippen molar-refractivity contribution < 1.29 is 0 Å². The van der Waals surface area contributed by atoms with E-state index in [0.717, 1.165) is 12.8 Å². The lowest BCUT2D eigenvalue weighted by molar-refractivity contribution is 1.15. The van der Waals surface area contributed by atoms with Gasteiger partial charge in [0.05, 0.1) is 0 Å². The SMILES string of the molecule is CCc1ccccc1P(c1ccccc1)c1ccccc1.CCc1ccccc1P(c1ccccc1)c1ccccc1. The summed E-state index contributed by atoms with van der Waals surface area (Å²) in [6.45, 7) is 4.48. The Morgan fingerprint density at radius 1 is 0.310 bits per heavy atom. The van der Waals surface area contributed by atoms with Crippen LogP contribution in [-0.2, 0) is 12.8 Å². The largest absolute Gasteiger partial charge is 0.0622 e. The van der Waals surface area contributed by atoms with Crippen molar-refractivity contribution in [1.82, 2.24) is 0 Å². The number of rotatable bonds is 8. The summed E-state index contributed by atoms with van der Waals surface area (Å²) in [7, 11) is -0.945. The number of hydrogen-bond acceptors (Lipinski definition) is 0. The second kappa shape index (κ2) is 15.4. The summed E-state index contributed by atoms with van der Waals surface area (Å²) < 4.78 is 0. The van der Waals surface area contributed by atoms with E-state index in [0.29, 0.717) is 0 Å². The van der Waals surface area contributed by atoms with Crippen LogP contribution >= 0.6 is 15.8 Å². The molecule has 0 fully saturated rings. The minimum Gasteiger partial charge on any atom is -0.0622 e. The number of benzene rings is 6. The highest BCUT2D eigenvalue weighted by Crippen LogP contribution is 2.35. The monoisotopic (exact) mass is 580 g/mol. The average molecular weight is 581 g/mol. The summed E-state index contributed by atoms with van der Waals surface area (Å²) >= 11 is 0. The first kappa shape index (κ1) is 29.7. The van der Waals surface area contributed by atoms with Gasteiger partial charge in [-0.1, -0.05) is 184 Å². The zero-order valence-electron chi connectivity index (χ0n) is 24.5. The van der Waals surface area contributed by atoms with Crippen molar-refractivity contribution in [2.75, 3.05) is 0 Å². The molecule has 0 saturated carbocycles. The Kier molecular flexibility index (Phi) is 10.9. The molecule has 0 aliphatic rings. The molecule has 208 valence electrons. The number of hydrogen-bond donors (Lipinski definition) is 0. The van der Waals surface area contributed by atoms with Crippen LogP contribution in [0.25, 0.3) is 0 Å². The van der Waals surface area contributed by atoms with Crippen molar-refractivity contribution in [2.45, 2.75) is 26.7 Å². The van der Waals surface area contributed by atoms with Crippen LogP contribution in [0.2, 0.25) is 0 Å². The van der Waals surface area contributed by atoms with Gasteiger partial charge in [0.25, 0.3) is 0 Å². The molecule has 6 aromatic carbocycles. The van der Waals surface area contributed by atoms with Gasteiger partial charge in [-0.25, -0.2) is 0 Å². The molecule has 0 bridgehead atoms. The third-order valence-corrected chi connectivity index (χ3v) is 12.4. The van der Waals surface area contributed by atoms with Crippen molar-refractivity contribution in [3.05, 3.63) is 181 Å². The van der Waals surface area contributed by atoms with Gasteiger partial charge in [0.1, 0.15) is 0 Å². The molecule has 0 heterocycles. The van der Waals surface area contributed by atoms with Crippen LogP contribution < -0.4 is 31.8 Å². The van der Waals surface area contributed by atoms with Gasteiger partial charge < -0.3 is 0 Å². The van der Waals surface area contributed by atoms with E-state index in [4.69, 9.17) is 0 Å². The molecule has 2 heteroatoms. The predicted molar refractivity (Wildman–Crippen MR) is 189 cm³/mol. The maximum atomic E-state index is 2.30. The fourth-order valence-corrected chi connectivity index (χ4v) is 10.3. The summed E-state index contributed by atoms with van der Waals surface area (Å²) in [6, 6.07) is 61.3. The van der Waals surface area contributed by atoms with Crippen LogP contribution in [0.5, 0.6) is 0 Å². The van der Waals surface area contributed by atoms with Crippen molar-refractivity contribution in [3.8, 4) is 0 Å². The topological polar surface area (TPSA) is 0 Å². The lowest BCUT2D eigenvalue weighted by atomic mass is 10.2. The summed E-state index contributed by atoms with van der Waals surface area (Å²) in [4.78, 5) is 0. The minimum absolute atomic E-state index is 0.473. The van der Waals surface area contributed by atoms with Gasteiger partial charge in [-0.3, -0.25) is 0 Å². The Balaban J connectivity index is 0.000000168. The quantitative estimate of drug-likeness (QED) is 0.160. The standard InChI is InChI=1S/2C20H19P/c2*1-2-17-11-9-10-16-20(17)21(18-12-5-3-6-13-18)19-14-7-4-8-15-19/h2*3-16H,2H2,1H3. The van der Waals surface area contributed by atoms with Gasteiger partial charge in [0.2, 0.25) is 0 Å². The molecule has 0 amide bonds. The van der Waals surface area contributed by atoms with Gasteiger partial charge in [-0.05, 0) is 71.6 Å². The highest BCUT2D eigenvalue weighted by atomic mass is 31.1. The molecule has 0 radical (unpaired) electrons. The fourth-order valence-electron chi connectivity index (χ4n) is 5.22. The number of aryl methyl sites for hydroxylation is 2. The Hall–Kier alpha value is -3.82. The lowest BCUT2D eigenvalue weighted by Gasteiger charge is -2.21. The first-order chi connectivity index (χ1) is 20.8. The molecule has 0 aliphatic heterocycles. The van der Waals surface area contributed by atoms with E-state index in [2.05, 4.69) is 184 Å². The maximum absolute atomic E-state index is 2.30. The fraction of sp³-hybridized carbons (Fsp3) is 0.100. The molecule has 6 rings (SSSR count). The smallest absolute Gasteiger partial charge is 0.0119 e. The minimum atomic E-state index is -0.473. The van der Waals surface area contributed by atoms with E-state index in [1.807, 2.05) is 0 Å². The molecular weight excluding hydrogens is 542 g/mol. The van der Waals surface area contributed by atoms with Crippen LogP contribution in [0.3, 0.4) is 0 Å². The van der Waals surface area contributed by atoms with Crippen molar-refractivity contribution in [1.29, 1.82) is 0 Å². The van der Waals surface area contributed by atoms with Gasteiger partial charge in [0, 0.05) is 0 Å². The van der Waals surface area contributed by atoms with E-state index in [1.54, 1.807) is 0 Å². The first-order valence-corrected chi connectivity index (χ1v) is 17.4. The third-order valence-electron chi connectivity index (χ3n) is 7.28. The first-order valence-electron chi connectivity index (χ1n) is 14.8. The van der Waals surface area contributed by atoms with Crippen LogP contribution in [0.4, 0.5) is 0 Å². The lowest BCUT2D eigenvalue weighted by Crippen LogP contribution is -2.22. The molecular formula is C40H38P2. The van der Waals surface area contributed by atoms with E-state index in [1.165, 1.54) is 43.0 Å². The van der Waals surface area contributed by atoms with Crippen LogP contribution in [-0.4, -0.2) is 0 Å². The molecule has 0 spiro atoms. The van der Waals surface area contributed by atoms with E-state index < -0.39 is 15.8 Å². The molecule has 0 atom stereocenters. The van der Waals surface area contributed by atoms with Crippen molar-refractivity contribution in [2.24, 2.45) is 0 Å². The Morgan fingerprint density at radius 3 is 0.810 bits per heavy atom. The van der Waals surface area contributed by atoms with Crippen molar-refractivity contribution in [3.63, 3.8) is 0 Å². The summed E-state index contributed by atoms with van der Waals surface area (Å²) in [5, 5.41) is 8.62. The summed E-state index contributed by atoms with van der Waals surface area (Å²) in [6.07, 6.45) is 2.16. The van der Waals surface area contributed by atoms with Gasteiger partial charge in [-0.2, -0.15) is 0 Å². The van der Waals surface area contributed by atoms with E-state index in [9.17, 15) is 0 Å². The van der Waals surface area contributed by atoms with Gasteiger partial charge in [-0.15, -0.1) is 0 Å². The molecule has 0 N–H and O–H groups in total. The molecule has 42 heavy (non-hydrogen) atoms. The summed E-state index contributed by atoms with van der Waals surface area (Å²) in [5.41, 5.74) is 2.91. The van der Waals surface area contributed by atoms with Crippen LogP contribution in [0.15, 0.2) is 170 Å². The second-order valence-corrected chi connectivity index (χ2v) is 14.3. The Morgan fingerprint density at radius 2 is 0.548 bits per heavy atom. The average Bonchev–Trinajstić information content (AvgIpc) is 3.08. The zero-order chi connectivity index (χ0) is 29.0. The molecule has 0 aromatic heterocycles. The molecule has 0 unspecified atom stereocenters. The second-order valence-electron chi connectivity index (χ2n) is 9.98. The van der Waals surface area contributed by atoms with Crippen LogP contribution in [0.1, 0.15) is 25.0 Å². The molecule has 0 aliphatic carbocycles. The molecule has 0 saturated heterocycles. The Bertz CT molecular complexity index is 1430. The van der Waals surface area contributed by atoms with E-state index >= 15 is 0 Å². The molecule has 6 aromatic rings. The zero-order valence-corrected chi connectivity index (χ0v) is 26.3.